The van der Waals surface area contributed by atoms with Crippen LogP contribution in [0, 0.1) is 15.9 Å². The zero-order chi connectivity index (χ0) is 19.4. The SMILES string of the molecule is CCN1CCCC1CNC(=O)c1ccc(-c2ccc(F)cc2)c([N+](=O)[O-])c1. The van der Waals surface area contributed by atoms with Crippen molar-refractivity contribution in [2.24, 2.45) is 0 Å². The quantitative estimate of drug-likeness (QED) is 0.622. The molecule has 1 aliphatic rings. The van der Waals surface area contributed by atoms with E-state index in [1.165, 1.54) is 36.4 Å². The van der Waals surface area contributed by atoms with Crippen molar-refractivity contribution in [1.82, 2.24) is 10.2 Å². The fourth-order valence-electron chi connectivity index (χ4n) is 3.55. The Kier molecular flexibility index (Phi) is 5.81. The molecule has 0 aliphatic carbocycles. The lowest BCUT2D eigenvalue weighted by Crippen LogP contribution is -2.40. The summed E-state index contributed by atoms with van der Waals surface area (Å²) in [7, 11) is 0. The molecule has 6 nitrogen and oxygen atoms in total. The highest BCUT2D eigenvalue weighted by Gasteiger charge is 2.24. The molecule has 1 heterocycles. The number of likely N-dealkylation sites (tertiary alicyclic amines) is 1. The second-order valence-electron chi connectivity index (χ2n) is 6.63. The highest BCUT2D eigenvalue weighted by atomic mass is 19.1. The number of benzene rings is 2. The Labute approximate surface area is 157 Å². The molecule has 1 amide bonds. The van der Waals surface area contributed by atoms with Gasteiger partial charge < -0.3 is 5.32 Å². The normalized spacial score (nSPS) is 17.0. The number of carbonyl (C=O) groups excluding carboxylic acids is 1. The number of likely N-dealkylation sites (N-methyl/N-ethyl adjacent to an activating group) is 1. The molecule has 1 N–H and O–H groups in total. The summed E-state index contributed by atoms with van der Waals surface area (Å²) < 4.78 is 13.1. The lowest BCUT2D eigenvalue weighted by Gasteiger charge is -2.22. The Morgan fingerprint density at radius 1 is 1.30 bits per heavy atom. The summed E-state index contributed by atoms with van der Waals surface area (Å²) in [5.41, 5.74) is 0.947. The lowest BCUT2D eigenvalue weighted by atomic mass is 10.0. The zero-order valence-corrected chi connectivity index (χ0v) is 15.2. The number of nitrogens with one attached hydrogen (secondary N) is 1. The van der Waals surface area contributed by atoms with E-state index in [1.807, 2.05) is 0 Å². The average molecular weight is 371 g/mol. The predicted octanol–water partition coefficient (Wildman–Crippen LogP) is 3.62. The number of amides is 1. The van der Waals surface area contributed by atoms with Crippen LogP contribution < -0.4 is 5.32 Å². The number of halogens is 1. The molecule has 0 saturated carbocycles. The molecule has 1 aliphatic heterocycles. The van der Waals surface area contributed by atoms with Crippen LogP contribution in [0.3, 0.4) is 0 Å². The molecule has 27 heavy (non-hydrogen) atoms. The molecular formula is C20H22FN3O3. The van der Waals surface area contributed by atoms with E-state index in [1.54, 1.807) is 6.07 Å². The first-order chi connectivity index (χ1) is 13.0. The van der Waals surface area contributed by atoms with Gasteiger partial charge in [0.2, 0.25) is 0 Å². The second-order valence-corrected chi connectivity index (χ2v) is 6.63. The van der Waals surface area contributed by atoms with Crippen LogP contribution in [0.15, 0.2) is 42.5 Å². The highest BCUT2D eigenvalue weighted by Crippen LogP contribution is 2.31. The van der Waals surface area contributed by atoms with Gasteiger partial charge in [0.05, 0.1) is 10.5 Å². The summed E-state index contributed by atoms with van der Waals surface area (Å²) in [5.74, 6) is -0.739. The molecule has 1 saturated heterocycles. The first-order valence-corrected chi connectivity index (χ1v) is 9.06. The fraction of sp³-hybridized carbons (Fsp3) is 0.350. The van der Waals surface area contributed by atoms with Gasteiger partial charge in [-0.15, -0.1) is 0 Å². The van der Waals surface area contributed by atoms with Crippen LogP contribution >= 0.6 is 0 Å². The molecule has 0 bridgehead atoms. The molecule has 0 spiro atoms. The molecule has 2 aromatic carbocycles. The predicted molar refractivity (Wildman–Crippen MR) is 101 cm³/mol. The fourth-order valence-corrected chi connectivity index (χ4v) is 3.55. The van der Waals surface area contributed by atoms with Crippen LogP contribution in [0.5, 0.6) is 0 Å². The Bertz CT molecular complexity index is 839. The van der Waals surface area contributed by atoms with Crippen LogP contribution in [0.25, 0.3) is 11.1 Å². The minimum Gasteiger partial charge on any atom is -0.350 e. The van der Waals surface area contributed by atoms with E-state index < -0.39 is 10.7 Å². The van der Waals surface area contributed by atoms with E-state index in [2.05, 4.69) is 17.1 Å². The van der Waals surface area contributed by atoms with Crippen molar-refractivity contribution in [3.8, 4) is 11.1 Å². The standard InChI is InChI=1S/C20H22FN3O3/c1-2-23-11-3-4-17(23)13-22-20(25)15-7-10-18(19(12-15)24(26)27)14-5-8-16(21)9-6-14/h5-10,12,17H,2-4,11,13H2,1H3,(H,22,25). The first kappa shape index (κ1) is 19.0. The molecule has 0 aromatic heterocycles. The van der Waals surface area contributed by atoms with Gasteiger partial charge in [-0.1, -0.05) is 19.1 Å². The summed E-state index contributed by atoms with van der Waals surface area (Å²) in [6, 6.07) is 10.2. The maximum absolute atomic E-state index is 13.1. The van der Waals surface area contributed by atoms with Gasteiger partial charge in [0.25, 0.3) is 11.6 Å². The Balaban J connectivity index is 1.78. The van der Waals surface area contributed by atoms with E-state index in [0.717, 1.165) is 25.9 Å². The zero-order valence-electron chi connectivity index (χ0n) is 15.2. The lowest BCUT2D eigenvalue weighted by molar-refractivity contribution is -0.384. The van der Waals surface area contributed by atoms with Crippen molar-refractivity contribution >= 4 is 11.6 Å². The van der Waals surface area contributed by atoms with Crippen LogP contribution in [-0.4, -0.2) is 41.4 Å². The Morgan fingerprint density at radius 2 is 2.04 bits per heavy atom. The van der Waals surface area contributed by atoms with E-state index in [-0.39, 0.29) is 17.2 Å². The van der Waals surface area contributed by atoms with Crippen molar-refractivity contribution < 1.29 is 14.1 Å². The molecule has 3 rings (SSSR count). The van der Waals surface area contributed by atoms with Gasteiger partial charge in [0.1, 0.15) is 5.82 Å². The van der Waals surface area contributed by atoms with Crippen LogP contribution in [-0.2, 0) is 0 Å². The Hall–Kier alpha value is -2.80. The molecule has 7 heteroatoms. The number of carbonyl (C=O) groups is 1. The third-order valence-corrected chi connectivity index (χ3v) is 5.02. The van der Waals surface area contributed by atoms with Crippen molar-refractivity contribution in [2.45, 2.75) is 25.8 Å². The maximum atomic E-state index is 13.1. The van der Waals surface area contributed by atoms with Gasteiger partial charge in [-0.2, -0.15) is 0 Å². The summed E-state index contributed by atoms with van der Waals surface area (Å²) in [5, 5.41) is 14.4. The molecule has 142 valence electrons. The number of hydrogen-bond acceptors (Lipinski definition) is 4. The monoisotopic (exact) mass is 371 g/mol. The first-order valence-electron chi connectivity index (χ1n) is 9.06. The average Bonchev–Trinajstić information content (AvgIpc) is 3.14. The molecule has 1 fully saturated rings. The number of nitro groups is 1. The van der Waals surface area contributed by atoms with E-state index >= 15 is 0 Å². The topological polar surface area (TPSA) is 75.5 Å². The molecule has 2 aromatic rings. The maximum Gasteiger partial charge on any atom is 0.277 e. The minimum absolute atomic E-state index is 0.176. The van der Waals surface area contributed by atoms with Crippen LogP contribution in [0.1, 0.15) is 30.1 Å². The summed E-state index contributed by atoms with van der Waals surface area (Å²) in [6.07, 6.45) is 2.16. The largest absolute Gasteiger partial charge is 0.350 e. The highest BCUT2D eigenvalue weighted by molar-refractivity contribution is 5.96. The Morgan fingerprint density at radius 3 is 2.70 bits per heavy atom. The summed E-state index contributed by atoms with van der Waals surface area (Å²) >= 11 is 0. The van der Waals surface area contributed by atoms with Gasteiger partial charge in [-0.05, 0) is 55.8 Å². The van der Waals surface area contributed by atoms with Crippen LogP contribution in [0.2, 0.25) is 0 Å². The minimum atomic E-state index is -0.523. The molecule has 1 atom stereocenters. The third-order valence-electron chi connectivity index (χ3n) is 5.02. The van der Waals surface area contributed by atoms with Gasteiger partial charge in [0.15, 0.2) is 0 Å². The van der Waals surface area contributed by atoms with Gasteiger partial charge in [-0.25, -0.2) is 4.39 Å². The second kappa shape index (κ2) is 8.26. The summed E-state index contributed by atoms with van der Waals surface area (Å²) in [6.45, 7) is 4.60. The molecule has 1 unspecified atom stereocenters. The van der Waals surface area contributed by atoms with E-state index in [4.69, 9.17) is 0 Å². The van der Waals surface area contributed by atoms with E-state index in [0.29, 0.717) is 23.7 Å². The van der Waals surface area contributed by atoms with E-state index in [9.17, 15) is 19.3 Å². The smallest absolute Gasteiger partial charge is 0.277 e. The van der Waals surface area contributed by atoms with Crippen molar-refractivity contribution in [1.29, 1.82) is 0 Å². The third kappa shape index (κ3) is 4.31. The van der Waals surface area contributed by atoms with Gasteiger partial charge in [-0.3, -0.25) is 19.8 Å². The molecule has 0 radical (unpaired) electrons. The van der Waals surface area contributed by atoms with Gasteiger partial charge >= 0.3 is 0 Å². The number of nitro benzene ring substituents is 1. The van der Waals surface area contributed by atoms with Gasteiger partial charge in [0, 0.05) is 24.2 Å². The number of rotatable bonds is 6. The van der Waals surface area contributed by atoms with Crippen LogP contribution in [0.4, 0.5) is 10.1 Å². The van der Waals surface area contributed by atoms with Crippen molar-refractivity contribution in [2.75, 3.05) is 19.6 Å². The number of hydrogen-bond donors (Lipinski definition) is 1. The number of nitrogens with zero attached hydrogens (tertiary/aromatic N) is 2. The van der Waals surface area contributed by atoms with Crippen molar-refractivity contribution in [3.63, 3.8) is 0 Å². The molecular weight excluding hydrogens is 349 g/mol. The van der Waals surface area contributed by atoms with Crippen molar-refractivity contribution in [3.05, 3.63) is 64.0 Å². The summed E-state index contributed by atoms with van der Waals surface area (Å²) in [4.78, 5) is 25.7.